The number of carbonyl (C=O) groups is 2. The van der Waals surface area contributed by atoms with E-state index in [0.29, 0.717) is 24.4 Å². The molecule has 0 spiro atoms. The molecule has 0 unspecified atom stereocenters. The predicted molar refractivity (Wildman–Crippen MR) is 80.4 cm³/mol. The predicted octanol–water partition coefficient (Wildman–Crippen LogP) is 1.43. The fourth-order valence-corrected chi connectivity index (χ4v) is 1.55. The number of methoxy groups -OCH3 is 1. The molecule has 0 bridgehead atoms. The van der Waals surface area contributed by atoms with Crippen LogP contribution in [-0.4, -0.2) is 44.8 Å². The van der Waals surface area contributed by atoms with Crippen LogP contribution in [0.5, 0.6) is 0 Å². The molecule has 0 aliphatic heterocycles. The molecule has 0 aromatic heterocycles. The molecule has 1 aromatic rings. The number of carbonyl (C=O) groups excluding carboxylic acids is 2. The third kappa shape index (κ3) is 6.87. The van der Waals surface area contributed by atoms with Crippen molar-refractivity contribution in [3.8, 4) is 0 Å². The van der Waals surface area contributed by atoms with Crippen LogP contribution in [0.15, 0.2) is 24.3 Å². The minimum atomic E-state index is -0.371. The summed E-state index contributed by atoms with van der Waals surface area (Å²) in [6.45, 7) is 4.97. The van der Waals surface area contributed by atoms with Crippen molar-refractivity contribution in [2.75, 3.05) is 32.1 Å². The van der Waals surface area contributed by atoms with Crippen LogP contribution >= 0.6 is 0 Å². The highest BCUT2D eigenvalue weighted by Gasteiger charge is 2.09. The molecule has 0 atom stereocenters. The summed E-state index contributed by atoms with van der Waals surface area (Å²) in [5.74, 6) is -0.521. The van der Waals surface area contributed by atoms with Gasteiger partial charge in [-0.2, -0.15) is 0 Å². The summed E-state index contributed by atoms with van der Waals surface area (Å²) in [7, 11) is 1.60. The lowest BCUT2D eigenvalue weighted by atomic mass is 10.2. The number of ether oxygens (including phenoxy) is 2. The van der Waals surface area contributed by atoms with Crippen molar-refractivity contribution in [3.05, 3.63) is 29.8 Å². The normalized spacial score (nSPS) is 10.5. The van der Waals surface area contributed by atoms with Crippen LogP contribution in [0.2, 0.25) is 0 Å². The molecule has 6 nitrogen and oxygen atoms in total. The van der Waals surface area contributed by atoms with Crippen LogP contribution in [0.25, 0.3) is 0 Å². The molecule has 2 N–H and O–H groups in total. The Morgan fingerprint density at radius 2 is 1.86 bits per heavy atom. The average Bonchev–Trinajstić information content (AvgIpc) is 2.43. The highest BCUT2D eigenvalue weighted by atomic mass is 16.5. The van der Waals surface area contributed by atoms with Gasteiger partial charge in [0.1, 0.15) is 0 Å². The van der Waals surface area contributed by atoms with Gasteiger partial charge in [0, 0.05) is 19.3 Å². The fraction of sp³-hybridized carbons (Fsp3) is 0.467. The van der Waals surface area contributed by atoms with Gasteiger partial charge in [-0.3, -0.25) is 4.79 Å². The van der Waals surface area contributed by atoms with Gasteiger partial charge in [0.15, 0.2) is 0 Å². The summed E-state index contributed by atoms with van der Waals surface area (Å²) in [5, 5.41) is 5.68. The molecule has 1 rings (SSSR count). The molecule has 0 heterocycles. The standard InChI is InChI=1S/C15H22N2O4/c1-11(2)21-15(19)12-4-6-13(7-5-12)17-14(18)10-16-8-9-20-3/h4-7,11,16H,8-10H2,1-3H3,(H,17,18). The second-order valence-electron chi connectivity index (χ2n) is 4.75. The van der Waals surface area contributed by atoms with Crippen molar-refractivity contribution in [1.82, 2.24) is 5.32 Å². The Morgan fingerprint density at radius 1 is 1.19 bits per heavy atom. The Bertz CT molecular complexity index is 457. The van der Waals surface area contributed by atoms with Crippen LogP contribution in [0.3, 0.4) is 0 Å². The van der Waals surface area contributed by atoms with E-state index in [4.69, 9.17) is 9.47 Å². The van der Waals surface area contributed by atoms with Gasteiger partial charge in [0.05, 0.1) is 24.8 Å². The molecular weight excluding hydrogens is 272 g/mol. The molecular formula is C15H22N2O4. The van der Waals surface area contributed by atoms with E-state index in [9.17, 15) is 9.59 Å². The number of nitrogens with one attached hydrogen (secondary N) is 2. The molecule has 21 heavy (non-hydrogen) atoms. The minimum Gasteiger partial charge on any atom is -0.459 e. The molecule has 0 saturated carbocycles. The summed E-state index contributed by atoms with van der Waals surface area (Å²) in [4.78, 5) is 23.3. The number of hydrogen-bond acceptors (Lipinski definition) is 5. The van der Waals surface area contributed by atoms with Crippen molar-refractivity contribution in [1.29, 1.82) is 0 Å². The Balaban J connectivity index is 2.43. The van der Waals surface area contributed by atoms with E-state index in [0.717, 1.165) is 0 Å². The van der Waals surface area contributed by atoms with Crippen LogP contribution in [-0.2, 0) is 14.3 Å². The lowest BCUT2D eigenvalue weighted by molar-refractivity contribution is -0.115. The molecule has 1 amide bonds. The van der Waals surface area contributed by atoms with Crippen LogP contribution < -0.4 is 10.6 Å². The Labute approximate surface area is 124 Å². The average molecular weight is 294 g/mol. The SMILES string of the molecule is COCCNCC(=O)Nc1ccc(C(=O)OC(C)C)cc1. The third-order valence-electron chi connectivity index (χ3n) is 2.52. The van der Waals surface area contributed by atoms with Crippen molar-refractivity contribution in [3.63, 3.8) is 0 Å². The van der Waals surface area contributed by atoms with Gasteiger partial charge < -0.3 is 20.1 Å². The number of benzene rings is 1. The molecule has 1 aromatic carbocycles. The van der Waals surface area contributed by atoms with Gasteiger partial charge in [0.25, 0.3) is 0 Å². The van der Waals surface area contributed by atoms with Crippen LogP contribution in [0.1, 0.15) is 24.2 Å². The van der Waals surface area contributed by atoms with Crippen molar-refractivity contribution < 1.29 is 19.1 Å². The first kappa shape index (κ1) is 17.1. The molecule has 0 fully saturated rings. The fourth-order valence-electron chi connectivity index (χ4n) is 1.55. The Morgan fingerprint density at radius 3 is 2.43 bits per heavy atom. The van der Waals surface area contributed by atoms with E-state index in [1.807, 2.05) is 0 Å². The molecule has 116 valence electrons. The number of rotatable bonds is 8. The maximum atomic E-state index is 11.7. The zero-order valence-corrected chi connectivity index (χ0v) is 12.6. The first-order chi connectivity index (χ1) is 10.0. The highest BCUT2D eigenvalue weighted by molar-refractivity contribution is 5.94. The summed E-state index contributed by atoms with van der Waals surface area (Å²) in [6.07, 6.45) is -0.157. The maximum Gasteiger partial charge on any atom is 0.338 e. The first-order valence-corrected chi connectivity index (χ1v) is 6.83. The lowest BCUT2D eigenvalue weighted by Gasteiger charge is -2.09. The second-order valence-corrected chi connectivity index (χ2v) is 4.75. The maximum absolute atomic E-state index is 11.7. The van der Waals surface area contributed by atoms with Gasteiger partial charge in [0.2, 0.25) is 5.91 Å². The highest BCUT2D eigenvalue weighted by Crippen LogP contribution is 2.11. The lowest BCUT2D eigenvalue weighted by Crippen LogP contribution is -2.30. The van der Waals surface area contributed by atoms with Gasteiger partial charge in [-0.15, -0.1) is 0 Å². The summed E-state index contributed by atoms with van der Waals surface area (Å²) in [6, 6.07) is 6.59. The summed E-state index contributed by atoms with van der Waals surface area (Å²) in [5.41, 5.74) is 1.09. The molecule has 0 aliphatic carbocycles. The van der Waals surface area contributed by atoms with E-state index >= 15 is 0 Å². The van der Waals surface area contributed by atoms with E-state index in [2.05, 4.69) is 10.6 Å². The van der Waals surface area contributed by atoms with E-state index < -0.39 is 0 Å². The summed E-state index contributed by atoms with van der Waals surface area (Å²) < 4.78 is 9.95. The number of esters is 1. The Hall–Kier alpha value is -1.92. The molecule has 6 heteroatoms. The largest absolute Gasteiger partial charge is 0.459 e. The Kier molecular flexibility index (Phi) is 7.42. The third-order valence-corrected chi connectivity index (χ3v) is 2.52. The number of hydrogen-bond donors (Lipinski definition) is 2. The first-order valence-electron chi connectivity index (χ1n) is 6.83. The van der Waals surface area contributed by atoms with E-state index in [1.165, 1.54) is 0 Å². The molecule has 0 radical (unpaired) electrons. The van der Waals surface area contributed by atoms with Gasteiger partial charge in [-0.1, -0.05) is 0 Å². The van der Waals surface area contributed by atoms with E-state index in [-0.39, 0.29) is 24.5 Å². The van der Waals surface area contributed by atoms with Gasteiger partial charge in [-0.25, -0.2) is 4.79 Å². The smallest absolute Gasteiger partial charge is 0.338 e. The monoisotopic (exact) mass is 294 g/mol. The van der Waals surface area contributed by atoms with Crippen molar-refractivity contribution >= 4 is 17.6 Å². The topological polar surface area (TPSA) is 76.7 Å². The van der Waals surface area contributed by atoms with Gasteiger partial charge in [-0.05, 0) is 38.1 Å². The zero-order valence-electron chi connectivity index (χ0n) is 12.6. The quantitative estimate of drug-likeness (QED) is 0.560. The molecule has 0 saturated heterocycles. The van der Waals surface area contributed by atoms with Crippen LogP contribution in [0, 0.1) is 0 Å². The number of anilines is 1. The van der Waals surface area contributed by atoms with E-state index in [1.54, 1.807) is 45.2 Å². The van der Waals surface area contributed by atoms with Crippen molar-refractivity contribution in [2.45, 2.75) is 20.0 Å². The second kappa shape index (κ2) is 9.10. The van der Waals surface area contributed by atoms with Crippen LogP contribution in [0.4, 0.5) is 5.69 Å². The van der Waals surface area contributed by atoms with Crippen molar-refractivity contribution in [2.24, 2.45) is 0 Å². The minimum absolute atomic E-state index is 0.149. The summed E-state index contributed by atoms with van der Waals surface area (Å²) >= 11 is 0. The zero-order chi connectivity index (χ0) is 15.7. The number of amides is 1. The molecule has 0 aliphatic rings. The van der Waals surface area contributed by atoms with Gasteiger partial charge >= 0.3 is 5.97 Å².